The molecule has 1 aliphatic heterocycles. The van der Waals surface area contributed by atoms with Crippen LogP contribution in [0.5, 0.6) is 11.5 Å². The highest BCUT2D eigenvalue weighted by atomic mass is 16.6. The molecule has 0 radical (unpaired) electrons. The molecule has 140 valence electrons. The van der Waals surface area contributed by atoms with E-state index >= 15 is 0 Å². The normalized spacial score (nSPS) is 14.0. The van der Waals surface area contributed by atoms with Crippen molar-refractivity contribution in [1.82, 2.24) is 19.5 Å². The molecule has 8 heteroatoms. The molecule has 3 aromatic rings. The van der Waals surface area contributed by atoms with Gasteiger partial charge in [-0.3, -0.25) is 0 Å². The Hall–Kier alpha value is -3.29. The lowest BCUT2D eigenvalue weighted by Crippen LogP contribution is -2.33. The monoisotopic (exact) mass is 367 g/mol. The fraction of sp³-hybridized carbons (Fsp3) is 0.316. The molecule has 0 aliphatic carbocycles. The summed E-state index contributed by atoms with van der Waals surface area (Å²) in [6.07, 6.45) is 1.80. The van der Waals surface area contributed by atoms with E-state index in [2.05, 4.69) is 15.4 Å². The second-order valence-corrected chi connectivity index (χ2v) is 6.47. The zero-order chi connectivity index (χ0) is 19.0. The van der Waals surface area contributed by atoms with Gasteiger partial charge in [0.2, 0.25) is 0 Å². The van der Waals surface area contributed by atoms with Crippen LogP contribution in [0.2, 0.25) is 0 Å². The van der Waals surface area contributed by atoms with Crippen molar-refractivity contribution >= 4 is 17.4 Å². The average molecular weight is 367 g/mol. The third-order valence-electron chi connectivity index (χ3n) is 4.66. The van der Waals surface area contributed by atoms with Crippen LogP contribution in [0.3, 0.4) is 0 Å². The van der Waals surface area contributed by atoms with Crippen LogP contribution in [0.25, 0.3) is 5.65 Å². The summed E-state index contributed by atoms with van der Waals surface area (Å²) in [6.45, 7) is 4.86. The number of hydrogen-bond donors (Lipinski definition) is 1. The van der Waals surface area contributed by atoms with Crippen LogP contribution in [0.1, 0.15) is 24.4 Å². The van der Waals surface area contributed by atoms with Crippen LogP contribution in [-0.2, 0) is 0 Å². The quantitative estimate of drug-likeness (QED) is 0.770. The summed E-state index contributed by atoms with van der Waals surface area (Å²) in [5.74, 6) is 2.09. The maximum Gasteiger partial charge on any atom is 0.322 e. The fourth-order valence-electron chi connectivity index (χ4n) is 3.03. The van der Waals surface area contributed by atoms with Crippen molar-refractivity contribution in [3.05, 3.63) is 47.9 Å². The van der Waals surface area contributed by atoms with Gasteiger partial charge >= 0.3 is 6.03 Å². The Bertz CT molecular complexity index is 1000. The molecule has 1 aliphatic rings. The summed E-state index contributed by atoms with van der Waals surface area (Å²) < 4.78 is 12.8. The van der Waals surface area contributed by atoms with Crippen LogP contribution in [0, 0.1) is 6.92 Å². The predicted octanol–water partition coefficient (Wildman–Crippen LogP) is 3.03. The first-order chi connectivity index (χ1) is 13.0. The van der Waals surface area contributed by atoms with E-state index in [-0.39, 0.29) is 12.1 Å². The van der Waals surface area contributed by atoms with Crippen molar-refractivity contribution in [2.45, 2.75) is 19.9 Å². The average Bonchev–Trinajstić information content (AvgIpc) is 3.07. The molecule has 8 nitrogen and oxygen atoms in total. The van der Waals surface area contributed by atoms with Crippen LogP contribution < -0.4 is 14.8 Å². The Morgan fingerprint density at radius 1 is 1.26 bits per heavy atom. The number of anilines is 1. The number of pyridine rings is 1. The SMILES string of the molecule is Cc1nc2c(NC(=O)N(C)[C@H](C)c3ccc4c(c3)OCCO4)cccn2n1. The lowest BCUT2D eigenvalue weighted by molar-refractivity contribution is 0.170. The summed E-state index contributed by atoms with van der Waals surface area (Å²) in [5.41, 5.74) is 2.20. The Labute approximate surface area is 156 Å². The number of ether oxygens (including phenoxy) is 2. The minimum atomic E-state index is -0.230. The van der Waals surface area contributed by atoms with Crippen LogP contribution in [-0.4, -0.2) is 45.8 Å². The van der Waals surface area contributed by atoms with E-state index in [0.717, 1.165) is 11.3 Å². The maximum absolute atomic E-state index is 12.8. The molecule has 4 rings (SSSR count). The molecule has 0 saturated carbocycles. The summed E-state index contributed by atoms with van der Waals surface area (Å²) >= 11 is 0. The Morgan fingerprint density at radius 2 is 2.04 bits per heavy atom. The number of nitrogens with zero attached hydrogens (tertiary/aromatic N) is 4. The highest BCUT2D eigenvalue weighted by Gasteiger charge is 2.21. The van der Waals surface area contributed by atoms with E-state index in [0.29, 0.717) is 36.1 Å². The third kappa shape index (κ3) is 3.25. The van der Waals surface area contributed by atoms with E-state index in [9.17, 15) is 4.79 Å². The molecule has 27 heavy (non-hydrogen) atoms. The minimum absolute atomic E-state index is 0.153. The van der Waals surface area contributed by atoms with Gasteiger partial charge in [-0.05, 0) is 43.7 Å². The Kier molecular flexibility index (Phi) is 4.31. The van der Waals surface area contributed by atoms with E-state index in [1.807, 2.05) is 44.2 Å². The van der Waals surface area contributed by atoms with Crippen molar-refractivity contribution in [3.63, 3.8) is 0 Å². The second-order valence-electron chi connectivity index (χ2n) is 6.47. The first-order valence-electron chi connectivity index (χ1n) is 8.78. The zero-order valence-electron chi connectivity index (χ0n) is 15.5. The largest absolute Gasteiger partial charge is 0.486 e. The van der Waals surface area contributed by atoms with Crippen LogP contribution in [0.4, 0.5) is 10.5 Å². The summed E-state index contributed by atoms with van der Waals surface area (Å²) in [6, 6.07) is 9.00. The molecule has 0 saturated heterocycles. The van der Waals surface area contributed by atoms with Gasteiger partial charge in [-0.15, -0.1) is 0 Å². The molecule has 0 fully saturated rings. The lowest BCUT2D eigenvalue weighted by Gasteiger charge is -2.27. The van der Waals surface area contributed by atoms with Gasteiger partial charge in [0.05, 0.1) is 11.7 Å². The first kappa shape index (κ1) is 17.1. The van der Waals surface area contributed by atoms with Gasteiger partial charge in [-0.1, -0.05) is 6.07 Å². The van der Waals surface area contributed by atoms with E-state index < -0.39 is 0 Å². The molecule has 2 aromatic heterocycles. The molecule has 1 N–H and O–H groups in total. The highest BCUT2D eigenvalue weighted by molar-refractivity contribution is 5.93. The van der Waals surface area contributed by atoms with Crippen LogP contribution in [0.15, 0.2) is 36.5 Å². The molecule has 1 atom stereocenters. The van der Waals surface area contributed by atoms with Crippen molar-refractivity contribution in [2.75, 3.05) is 25.6 Å². The number of benzene rings is 1. The maximum atomic E-state index is 12.8. The third-order valence-corrected chi connectivity index (χ3v) is 4.66. The Balaban J connectivity index is 1.53. The second kappa shape index (κ2) is 6.79. The zero-order valence-corrected chi connectivity index (χ0v) is 15.5. The molecule has 1 aromatic carbocycles. The fourth-order valence-corrected chi connectivity index (χ4v) is 3.03. The number of rotatable bonds is 3. The summed E-state index contributed by atoms with van der Waals surface area (Å²) in [4.78, 5) is 18.8. The lowest BCUT2D eigenvalue weighted by atomic mass is 10.1. The number of fused-ring (bicyclic) bond motifs is 2. The van der Waals surface area contributed by atoms with Crippen LogP contribution >= 0.6 is 0 Å². The molecule has 3 heterocycles. The molecule has 0 spiro atoms. The van der Waals surface area contributed by atoms with E-state index in [1.54, 1.807) is 22.7 Å². The molecule has 0 unspecified atom stereocenters. The van der Waals surface area contributed by atoms with Gasteiger partial charge in [-0.25, -0.2) is 14.3 Å². The first-order valence-corrected chi connectivity index (χ1v) is 8.78. The van der Waals surface area contributed by atoms with Crippen molar-refractivity contribution in [2.24, 2.45) is 0 Å². The van der Waals surface area contributed by atoms with Gasteiger partial charge in [0.15, 0.2) is 17.1 Å². The van der Waals surface area contributed by atoms with Crippen molar-refractivity contribution in [3.8, 4) is 11.5 Å². The van der Waals surface area contributed by atoms with Crippen molar-refractivity contribution < 1.29 is 14.3 Å². The smallest absolute Gasteiger partial charge is 0.322 e. The standard InChI is InChI=1S/C19H21N5O3/c1-12(14-6-7-16-17(11-14)27-10-9-26-16)23(3)19(25)21-15-5-4-8-24-18(15)20-13(2)22-24/h4-8,11-12H,9-10H2,1-3H3,(H,21,25)/t12-/m1/s1. The van der Waals surface area contributed by atoms with Gasteiger partial charge in [0.25, 0.3) is 0 Å². The van der Waals surface area contributed by atoms with Gasteiger partial charge in [0.1, 0.15) is 19.0 Å². The Morgan fingerprint density at radius 3 is 2.85 bits per heavy atom. The number of amides is 2. The highest BCUT2D eigenvalue weighted by Crippen LogP contribution is 2.33. The molecule has 0 bridgehead atoms. The summed E-state index contributed by atoms with van der Waals surface area (Å²) in [7, 11) is 1.76. The number of aromatic nitrogens is 3. The van der Waals surface area contributed by atoms with Crippen molar-refractivity contribution in [1.29, 1.82) is 0 Å². The van der Waals surface area contributed by atoms with E-state index in [1.165, 1.54) is 0 Å². The molecule has 2 amide bonds. The number of hydrogen-bond acceptors (Lipinski definition) is 5. The topological polar surface area (TPSA) is 81.0 Å². The minimum Gasteiger partial charge on any atom is -0.486 e. The number of carbonyl (C=O) groups excluding carboxylic acids is 1. The number of urea groups is 1. The van der Waals surface area contributed by atoms with Gasteiger partial charge < -0.3 is 19.7 Å². The number of aryl methyl sites for hydroxylation is 1. The summed E-state index contributed by atoms with van der Waals surface area (Å²) in [5, 5.41) is 7.18. The predicted molar refractivity (Wildman–Crippen MR) is 100 cm³/mol. The molecular formula is C19H21N5O3. The van der Waals surface area contributed by atoms with Gasteiger partial charge in [0, 0.05) is 13.2 Å². The number of nitrogens with one attached hydrogen (secondary N) is 1. The number of carbonyl (C=O) groups is 1. The van der Waals surface area contributed by atoms with Gasteiger partial charge in [-0.2, -0.15) is 5.10 Å². The molecular weight excluding hydrogens is 346 g/mol. The van der Waals surface area contributed by atoms with E-state index in [4.69, 9.17) is 9.47 Å².